The smallest absolute Gasteiger partial charge is 0.329 e. The van der Waals surface area contributed by atoms with E-state index in [4.69, 9.17) is 12.2 Å². The Morgan fingerprint density at radius 3 is 2.50 bits per heavy atom. The number of nitrogens with two attached hydrogens (primary N) is 1. The number of terminal acetylenes is 1. The summed E-state index contributed by atoms with van der Waals surface area (Å²) in [5, 5.41) is 0. The molecule has 0 aliphatic heterocycles. The van der Waals surface area contributed by atoms with Crippen molar-refractivity contribution in [3.8, 4) is 12.3 Å². The van der Waals surface area contributed by atoms with Gasteiger partial charge in [-0.3, -0.25) is 4.79 Å². The molecular formula is C12H17F3N2O. The lowest BCUT2D eigenvalue weighted by atomic mass is 10.1. The van der Waals surface area contributed by atoms with E-state index in [2.05, 4.69) is 5.92 Å². The van der Waals surface area contributed by atoms with Gasteiger partial charge in [-0.25, -0.2) is 0 Å². The summed E-state index contributed by atoms with van der Waals surface area (Å²) in [5.41, 5.74) is 5.50. The van der Waals surface area contributed by atoms with Gasteiger partial charge in [0.25, 0.3) is 0 Å². The van der Waals surface area contributed by atoms with Gasteiger partial charge in [0.05, 0.1) is 6.04 Å². The fourth-order valence-corrected chi connectivity index (χ4v) is 1.88. The normalized spacial score (nSPS) is 18.9. The number of carbonyl (C=O) groups excluding carboxylic acids is 1. The van der Waals surface area contributed by atoms with Crippen LogP contribution in [0.25, 0.3) is 0 Å². The Kier molecular flexibility index (Phi) is 4.63. The van der Waals surface area contributed by atoms with Crippen LogP contribution in [0.3, 0.4) is 0 Å². The number of rotatable bonds is 5. The molecule has 2 unspecified atom stereocenters. The van der Waals surface area contributed by atoms with Crippen molar-refractivity contribution in [2.24, 2.45) is 11.7 Å². The molecule has 18 heavy (non-hydrogen) atoms. The molecule has 0 saturated heterocycles. The number of hydrogen-bond donors (Lipinski definition) is 1. The van der Waals surface area contributed by atoms with Crippen molar-refractivity contribution in [2.75, 3.05) is 6.54 Å². The summed E-state index contributed by atoms with van der Waals surface area (Å²) in [6.07, 6.45) is 2.26. The largest absolute Gasteiger partial charge is 0.406 e. The van der Waals surface area contributed by atoms with E-state index >= 15 is 0 Å². The van der Waals surface area contributed by atoms with Crippen molar-refractivity contribution in [1.82, 2.24) is 4.90 Å². The maximum absolute atomic E-state index is 12.5. The van der Waals surface area contributed by atoms with Gasteiger partial charge in [-0.2, -0.15) is 13.2 Å². The van der Waals surface area contributed by atoms with Crippen LogP contribution in [0.15, 0.2) is 0 Å². The predicted octanol–water partition coefficient (Wildman–Crippen LogP) is 1.53. The number of carbonyl (C=O) groups is 1. The second-order valence-electron chi connectivity index (χ2n) is 4.67. The lowest BCUT2D eigenvalue weighted by molar-refractivity contribution is -0.166. The number of halogens is 3. The van der Waals surface area contributed by atoms with Crippen LogP contribution in [-0.4, -0.2) is 35.6 Å². The summed E-state index contributed by atoms with van der Waals surface area (Å²) in [6.45, 7) is 0.367. The average Bonchev–Trinajstić information content (AvgIpc) is 3.06. The minimum absolute atomic E-state index is 0.0510. The first-order chi connectivity index (χ1) is 8.26. The standard InChI is InChI=1S/C12H17F3N2O/c1-3-4-10(16)11(18)17(7-12(13,14)15)8(2)9-5-6-9/h1,8-10H,4-7,16H2,2H3. The summed E-state index contributed by atoms with van der Waals surface area (Å²) in [7, 11) is 0. The van der Waals surface area contributed by atoms with E-state index in [9.17, 15) is 18.0 Å². The number of nitrogens with zero attached hydrogens (tertiary/aromatic N) is 1. The molecule has 1 amide bonds. The van der Waals surface area contributed by atoms with Crippen molar-refractivity contribution < 1.29 is 18.0 Å². The topological polar surface area (TPSA) is 46.3 Å². The van der Waals surface area contributed by atoms with Gasteiger partial charge < -0.3 is 10.6 Å². The highest BCUT2D eigenvalue weighted by atomic mass is 19.4. The van der Waals surface area contributed by atoms with Crippen molar-refractivity contribution in [3.05, 3.63) is 0 Å². The summed E-state index contributed by atoms with van der Waals surface area (Å²) < 4.78 is 37.5. The van der Waals surface area contributed by atoms with Gasteiger partial charge in [0.1, 0.15) is 6.54 Å². The van der Waals surface area contributed by atoms with Gasteiger partial charge in [0.2, 0.25) is 5.91 Å². The molecule has 0 aromatic rings. The first-order valence-corrected chi connectivity index (χ1v) is 5.82. The minimum Gasteiger partial charge on any atom is -0.329 e. The van der Waals surface area contributed by atoms with E-state index in [0.717, 1.165) is 17.7 Å². The molecule has 1 fully saturated rings. The monoisotopic (exact) mass is 262 g/mol. The Morgan fingerprint density at radius 1 is 1.56 bits per heavy atom. The Bertz CT molecular complexity index is 344. The van der Waals surface area contributed by atoms with Crippen molar-refractivity contribution in [3.63, 3.8) is 0 Å². The molecule has 1 rings (SSSR count). The van der Waals surface area contributed by atoms with E-state index in [1.54, 1.807) is 6.92 Å². The highest BCUT2D eigenvalue weighted by Gasteiger charge is 2.41. The van der Waals surface area contributed by atoms with Crippen LogP contribution in [0.1, 0.15) is 26.2 Å². The van der Waals surface area contributed by atoms with Crippen LogP contribution in [0.2, 0.25) is 0 Å². The zero-order chi connectivity index (χ0) is 13.9. The first kappa shape index (κ1) is 14.8. The quantitative estimate of drug-likeness (QED) is 0.764. The number of amides is 1. The molecule has 1 aliphatic rings. The van der Waals surface area contributed by atoms with E-state index in [1.165, 1.54) is 0 Å². The summed E-state index contributed by atoms with van der Waals surface area (Å²) in [5.74, 6) is 1.63. The van der Waals surface area contributed by atoms with Gasteiger partial charge in [-0.1, -0.05) is 0 Å². The molecule has 1 saturated carbocycles. The fourth-order valence-electron chi connectivity index (χ4n) is 1.88. The molecule has 0 spiro atoms. The second-order valence-corrected chi connectivity index (χ2v) is 4.67. The molecule has 3 nitrogen and oxygen atoms in total. The summed E-state index contributed by atoms with van der Waals surface area (Å²) in [4.78, 5) is 12.7. The van der Waals surface area contributed by atoms with E-state index in [0.29, 0.717) is 0 Å². The van der Waals surface area contributed by atoms with Crippen molar-refractivity contribution >= 4 is 5.91 Å². The Balaban J connectivity index is 2.76. The Morgan fingerprint density at radius 2 is 2.11 bits per heavy atom. The molecule has 2 N–H and O–H groups in total. The van der Waals surface area contributed by atoms with Gasteiger partial charge in [-0.15, -0.1) is 12.3 Å². The highest BCUT2D eigenvalue weighted by Crippen LogP contribution is 2.36. The molecule has 2 atom stereocenters. The lowest BCUT2D eigenvalue weighted by Gasteiger charge is -2.32. The molecule has 0 bridgehead atoms. The van der Waals surface area contributed by atoms with Gasteiger partial charge in [0.15, 0.2) is 0 Å². The highest BCUT2D eigenvalue weighted by molar-refractivity contribution is 5.82. The summed E-state index contributed by atoms with van der Waals surface area (Å²) in [6, 6.07) is -1.50. The van der Waals surface area contributed by atoms with Crippen LogP contribution >= 0.6 is 0 Å². The zero-order valence-electron chi connectivity index (χ0n) is 10.2. The average molecular weight is 262 g/mol. The fraction of sp³-hybridized carbons (Fsp3) is 0.750. The molecule has 0 aromatic heterocycles. The van der Waals surface area contributed by atoms with E-state index in [-0.39, 0.29) is 12.3 Å². The molecule has 102 valence electrons. The van der Waals surface area contributed by atoms with Crippen LogP contribution < -0.4 is 5.73 Å². The maximum atomic E-state index is 12.5. The number of alkyl halides is 3. The Hall–Kier alpha value is -1.22. The van der Waals surface area contributed by atoms with Gasteiger partial charge >= 0.3 is 6.18 Å². The summed E-state index contributed by atoms with van der Waals surface area (Å²) >= 11 is 0. The molecule has 1 aliphatic carbocycles. The molecule has 0 radical (unpaired) electrons. The lowest BCUT2D eigenvalue weighted by Crippen LogP contribution is -2.51. The van der Waals surface area contributed by atoms with Crippen LogP contribution in [-0.2, 0) is 4.79 Å². The predicted molar refractivity (Wildman–Crippen MR) is 61.4 cm³/mol. The van der Waals surface area contributed by atoms with Crippen LogP contribution in [0.5, 0.6) is 0 Å². The van der Waals surface area contributed by atoms with Gasteiger partial charge in [0, 0.05) is 12.5 Å². The van der Waals surface area contributed by atoms with Crippen LogP contribution in [0.4, 0.5) is 13.2 Å². The second kappa shape index (κ2) is 5.61. The first-order valence-electron chi connectivity index (χ1n) is 5.82. The van der Waals surface area contributed by atoms with E-state index < -0.39 is 30.7 Å². The third-order valence-corrected chi connectivity index (χ3v) is 3.08. The Labute approximate surface area is 105 Å². The van der Waals surface area contributed by atoms with Crippen molar-refractivity contribution in [1.29, 1.82) is 0 Å². The molecule has 6 heteroatoms. The molecular weight excluding hydrogens is 245 g/mol. The molecule has 0 heterocycles. The third kappa shape index (κ3) is 4.22. The zero-order valence-corrected chi connectivity index (χ0v) is 10.2. The number of hydrogen-bond acceptors (Lipinski definition) is 2. The maximum Gasteiger partial charge on any atom is 0.406 e. The molecule has 0 aromatic carbocycles. The van der Waals surface area contributed by atoms with Gasteiger partial charge in [-0.05, 0) is 25.7 Å². The minimum atomic E-state index is -4.42. The van der Waals surface area contributed by atoms with Crippen LogP contribution in [0, 0.1) is 18.3 Å². The third-order valence-electron chi connectivity index (χ3n) is 3.08. The van der Waals surface area contributed by atoms with E-state index in [1.807, 2.05) is 0 Å². The van der Waals surface area contributed by atoms with Crippen molar-refractivity contribution in [2.45, 2.75) is 44.4 Å². The SMILES string of the molecule is C#CCC(N)C(=O)N(CC(F)(F)F)C(C)C1CC1.